The Morgan fingerprint density at radius 1 is 1.28 bits per heavy atom. The summed E-state index contributed by atoms with van der Waals surface area (Å²) in [6.45, 7) is 5.92. The summed E-state index contributed by atoms with van der Waals surface area (Å²) in [7, 11) is 1.98. The Hall–Kier alpha value is -2.08. The van der Waals surface area contributed by atoms with Crippen LogP contribution in [0, 0.1) is 12.8 Å². The van der Waals surface area contributed by atoms with Gasteiger partial charge in [0, 0.05) is 37.4 Å². The number of hydrogen-bond acceptors (Lipinski definition) is 3. The molecule has 0 spiro atoms. The minimum absolute atomic E-state index is 0.0851. The molecule has 3 rings (SSSR count). The largest absolute Gasteiger partial charge is 0.339 e. The van der Waals surface area contributed by atoms with Crippen LogP contribution in [0.25, 0.3) is 0 Å². The molecule has 2 saturated heterocycles. The fourth-order valence-electron chi connectivity index (χ4n) is 3.79. The quantitative estimate of drug-likeness (QED) is 0.858. The third kappa shape index (κ3) is 3.79. The lowest BCUT2D eigenvalue weighted by atomic mass is 9.93. The molecule has 2 aliphatic rings. The van der Waals surface area contributed by atoms with Gasteiger partial charge in [-0.1, -0.05) is 6.07 Å². The SMILES string of the molecule is CNCCC1CCN(C(=O)c2cccc(N3CCNC3=O)c2C)CC1. The van der Waals surface area contributed by atoms with Crippen LogP contribution in [-0.4, -0.2) is 56.6 Å². The Morgan fingerprint density at radius 2 is 2.04 bits per heavy atom. The molecule has 0 aromatic heterocycles. The predicted molar refractivity (Wildman–Crippen MR) is 99.1 cm³/mol. The summed E-state index contributed by atoms with van der Waals surface area (Å²) in [6, 6.07) is 5.59. The number of carbonyl (C=O) groups is 2. The van der Waals surface area contributed by atoms with E-state index in [1.54, 1.807) is 4.90 Å². The molecule has 0 aliphatic carbocycles. The van der Waals surface area contributed by atoms with E-state index in [9.17, 15) is 9.59 Å². The first kappa shape index (κ1) is 17.7. The van der Waals surface area contributed by atoms with E-state index in [4.69, 9.17) is 0 Å². The number of nitrogens with one attached hydrogen (secondary N) is 2. The maximum absolute atomic E-state index is 13.0. The Labute approximate surface area is 149 Å². The number of hydrogen-bond donors (Lipinski definition) is 2. The molecule has 1 aromatic rings. The van der Waals surface area contributed by atoms with Crippen molar-refractivity contribution in [1.82, 2.24) is 15.5 Å². The second kappa shape index (κ2) is 7.87. The number of anilines is 1. The van der Waals surface area contributed by atoms with Gasteiger partial charge in [-0.15, -0.1) is 0 Å². The van der Waals surface area contributed by atoms with E-state index in [0.29, 0.717) is 24.6 Å². The van der Waals surface area contributed by atoms with E-state index < -0.39 is 0 Å². The molecule has 0 saturated carbocycles. The van der Waals surface area contributed by atoms with Crippen molar-refractivity contribution in [1.29, 1.82) is 0 Å². The zero-order valence-electron chi connectivity index (χ0n) is 15.2. The minimum Gasteiger partial charge on any atom is -0.339 e. The Balaban J connectivity index is 1.70. The van der Waals surface area contributed by atoms with E-state index >= 15 is 0 Å². The van der Waals surface area contributed by atoms with Crippen molar-refractivity contribution in [3.8, 4) is 0 Å². The van der Waals surface area contributed by atoms with Crippen LogP contribution in [0.15, 0.2) is 18.2 Å². The number of carbonyl (C=O) groups excluding carboxylic acids is 2. The maximum Gasteiger partial charge on any atom is 0.322 e. The van der Waals surface area contributed by atoms with Crippen molar-refractivity contribution >= 4 is 17.6 Å². The van der Waals surface area contributed by atoms with Gasteiger partial charge in [0.25, 0.3) is 5.91 Å². The van der Waals surface area contributed by atoms with Gasteiger partial charge >= 0.3 is 6.03 Å². The number of rotatable bonds is 5. The highest BCUT2D eigenvalue weighted by molar-refractivity contribution is 6.00. The summed E-state index contributed by atoms with van der Waals surface area (Å²) in [6.07, 6.45) is 3.32. The van der Waals surface area contributed by atoms with Gasteiger partial charge < -0.3 is 15.5 Å². The molecule has 0 bridgehead atoms. The van der Waals surface area contributed by atoms with Gasteiger partial charge in [-0.2, -0.15) is 0 Å². The molecule has 136 valence electrons. The molecule has 25 heavy (non-hydrogen) atoms. The van der Waals surface area contributed by atoms with Crippen molar-refractivity contribution in [2.75, 3.05) is 44.7 Å². The van der Waals surface area contributed by atoms with E-state index in [1.807, 2.05) is 37.1 Å². The molecule has 3 amide bonds. The van der Waals surface area contributed by atoms with Gasteiger partial charge in [-0.25, -0.2) is 4.79 Å². The average molecular weight is 344 g/mol. The van der Waals surface area contributed by atoms with Gasteiger partial charge in [0.1, 0.15) is 0 Å². The third-order valence-electron chi connectivity index (χ3n) is 5.39. The molecule has 0 atom stereocenters. The van der Waals surface area contributed by atoms with E-state index in [2.05, 4.69) is 10.6 Å². The first-order valence-electron chi connectivity index (χ1n) is 9.20. The minimum atomic E-state index is -0.0851. The first-order chi connectivity index (χ1) is 12.1. The lowest BCUT2D eigenvalue weighted by molar-refractivity contribution is 0.0686. The number of nitrogens with zero attached hydrogens (tertiary/aromatic N) is 2. The molecule has 2 fully saturated rings. The number of urea groups is 1. The van der Waals surface area contributed by atoms with Gasteiger partial charge in [0.05, 0.1) is 0 Å². The lowest BCUT2D eigenvalue weighted by Crippen LogP contribution is -2.39. The Morgan fingerprint density at radius 3 is 2.68 bits per heavy atom. The fraction of sp³-hybridized carbons (Fsp3) is 0.579. The highest BCUT2D eigenvalue weighted by atomic mass is 16.2. The number of piperidine rings is 1. The van der Waals surface area contributed by atoms with Crippen molar-refractivity contribution in [2.45, 2.75) is 26.2 Å². The summed E-state index contributed by atoms with van der Waals surface area (Å²) < 4.78 is 0. The fourth-order valence-corrected chi connectivity index (χ4v) is 3.79. The molecule has 6 heteroatoms. The van der Waals surface area contributed by atoms with Crippen LogP contribution in [0.3, 0.4) is 0 Å². The van der Waals surface area contributed by atoms with Crippen LogP contribution in [-0.2, 0) is 0 Å². The number of benzene rings is 1. The summed E-state index contributed by atoms with van der Waals surface area (Å²) in [4.78, 5) is 28.6. The van der Waals surface area contributed by atoms with Crippen LogP contribution in [0.5, 0.6) is 0 Å². The molecular weight excluding hydrogens is 316 g/mol. The van der Waals surface area contributed by atoms with Crippen molar-refractivity contribution in [3.63, 3.8) is 0 Å². The zero-order valence-corrected chi connectivity index (χ0v) is 15.2. The van der Waals surface area contributed by atoms with Gasteiger partial charge in [-0.05, 0) is 63.4 Å². The third-order valence-corrected chi connectivity index (χ3v) is 5.39. The molecule has 2 N–H and O–H groups in total. The van der Waals surface area contributed by atoms with Crippen LogP contribution < -0.4 is 15.5 Å². The summed E-state index contributed by atoms with van der Waals surface area (Å²) in [5.41, 5.74) is 2.44. The van der Waals surface area contributed by atoms with Gasteiger partial charge in [-0.3, -0.25) is 9.69 Å². The smallest absolute Gasteiger partial charge is 0.322 e. The molecule has 2 heterocycles. The lowest BCUT2D eigenvalue weighted by Gasteiger charge is -2.32. The highest BCUT2D eigenvalue weighted by Gasteiger charge is 2.27. The average Bonchev–Trinajstić information content (AvgIpc) is 3.06. The molecule has 0 radical (unpaired) electrons. The normalized spacial score (nSPS) is 18.6. The molecular formula is C19H28N4O2. The van der Waals surface area contributed by atoms with Crippen LogP contribution >= 0.6 is 0 Å². The van der Waals surface area contributed by atoms with Crippen molar-refractivity contribution in [3.05, 3.63) is 29.3 Å². The number of amides is 3. The summed E-state index contributed by atoms with van der Waals surface area (Å²) >= 11 is 0. The summed E-state index contributed by atoms with van der Waals surface area (Å²) in [5.74, 6) is 0.795. The van der Waals surface area contributed by atoms with Crippen molar-refractivity contribution < 1.29 is 9.59 Å². The maximum atomic E-state index is 13.0. The van der Waals surface area contributed by atoms with Crippen molar-refractivity contribution in [2.24, 2.45) is 5.92 Å². The second-order valence-corrected chi connectivity index (χ2v) is 6.96. The molecule has 6 nitrogen and oxygen atoms in total. The summed E-state index contributed by atoms with van der Waals surface area (Å²) in [5, 5.41) is 6.02. The number of likely N-dealkylation sites (tertiary alicyclic amines) is 1. The van der Waals surface area contributed by atoms with E-state index in [-0.39, 0.29) is 11.9 Å². The molecule has 1 aromatic carbocycles. The highest BCUT2D eigenvalue weighted by Crippen LogP contribution is 2.27. The van der Waals surface area contributed by atoms with Crippen LogP contribution in [0.2, 0.25) is 0 Å². The Bertz CT molecular complexity index is 638. The monoisotopic (exact) mass is 344 g/mol. The van der Waals surface area contributed by atoms with Gasteiger partial charge in [0.2, 0.25) is 0 Å². The Kier molecular flexibility index (Phi) is 5.58. The molecule has 0 unspecified atom stereocenters. The predicted octanol–water partition coefficient (Wildman–Crippen LogP) is 1.99. The molecule has 2 aliphatic heterocycles. The first-order valence-corrected chi connectivity index (χ1v) is 9.20. The van der Waals surface area contributed by atoms with Crippen LogP contribution in [0.4, 0.5) is 10.5 Å². The van der Waals surface area contributed by atoms with E-state index in [0.717, 1.165) is 43.7 Å². The topological polar surface area (TPSA) is 64.7 Å². The second-order valence-electron chi connectivity index (χ2n) is 6.96. The zero-order chi connectivity index (χ0) is 17.8. The van der Waals surface area contributed by atoms with E-state index in [1.165, 1.54) is 6.42 Å². The van der Waals surface area contributed by atoms with Crippen LogP contribution in [0.1, 0.15) is 35.2 Å². The standard InChI is InChI=1S/C19H28N4O2/c1-14-16(4-3-5-17(14)23-13-10-21-19(23)25)18(24)22-11-7-15(8-12-22)6-9-20-2/h3-5,15,20H,6-13H2,1-2H3,(H,21,25). The van der Waals surface area contributed by atoms with Gasteiger partial charge in [0.15, 0.2) is 0 Å².